The Labute approximate surface area is 77.1 Å². The van der Waals surface area contributed by atoms with Crippen molar-refractivity contribution in [1.29, 1.82) is 0 Å². The molecular formula is C7H14Cl2O2. The second-order valence-corrected chi connectivity index (χ2v) is 3.93. The van der Waals surface area contributed by atoms with Crippen LogP contribution in [0.5, 0.6) is 0 Å². The maximum atomic E-state index is 9.48. The van der Waals surface area contributed by atoms with E-state index in [1.165, 1.54) is 6.92 Å². The van der Waals surface area contributed by atoms with E-state index in [0.29, 0.717) is 6.42 Å². The fourth-order valence-corrected chi connectivity index (χ4v) is 1.00. The molecule has 0 aliphatic carbocycles. The molecule has 0 rings (SSSR count). The lowest BCUT2D eigenvalue weighted by Gasteiger charge is -2.29. The Morgan fingerprint density at radius 2 is 1.91 bits per heavy atom. The molecule has 0 fully saturated rings. The summed E-state index contributed by atoms with van der Waals surface area (Å²) in [5.74, 6) is 0. The lowest BCUT2D eigenvalue weighted by Crippen LogP contribution is -2.44. The number of aliphatic hydroxyl groups is 2. The predicted molar refractivity (Wildman–Crippen MR) is 47.0 cm³/mol. The molecule has 0 saturated carbocycles. The van der Waals surface area contributed by atoms with Crippen molar-refractivity contribution in [2.75, 3.05) is 0 Å². The van der Waals surface area contributed by atoms with Crippen molar-refractivity contribution in [3.63, 3.8) is 0 Å². The molecular weight excluding hydrogens is 187 g/mol. The molecule has 0 bridgehead atoms. The number of aliphatic hydroxyl groups excluding tert-OH is 1. The van der Waals surface area contributed by atoms with Gasteiger partial charge in [0.05, 0.1) is 6.10 Å². The number of rotatable bonds is 4. The minimum atomic E-state index is -1.40. The normalized spacial score (nSPS) is 19.9. The molecule has 0 aromatic carbocycles. The van der Waals surface area contributed by atoms with E-state index in [-0.39, 0.29) is 0 Å². The molecule has 0 spiro atoms. The summed E-state index contributed by atoms with van der Waals surface area (Å²) in [7, 11) is 0. The summed E-state index contributed by atoms with van der Waals surface area (Å²) in [4.78, 5) is -0.955. The lowest BCUT2D eigenvalue weighted by molar-refractivity contribution is -0.0553. The molecule has 2 atom stereocenters. The summed E-state index contributed by atoms with van der Waals surface area (Å²) >= 11 is 10.9. The predicted octanol–water partition coefficient (Wildman–Crippen LogP) is 1.70. The summed E-state index contributed by atoms with van der Waals surface area (Å²) in [6.07, 6.45) is 0.438. The van der Waals surface area contributed by atoms with E-state index in [9.17, 15) is 10.2 Å². The third-order valence-electron chi connectivity index (χ3n) is 1.68. The molecule has 0 amide bonds. The van der Waals surface area contributed by atoms with Crippen LogP contribution in [0.1, 0.15) is 26.7 Å². The van der Waals surface area contributed by atoms with Crippen molar-refractivity contribution in [2.24, 2.45) is 0 Å². The van der Waals surface area contributed by atoms with Crippen LogP contribution in [0.25, 0.3) is 0 Å². The van der Waals surface area contributed by atoms with Gasteiger partial charge in [-0.2, -0.15) is 0 Å². The maximum absolute atomic E-state index is 9.48. The molecule has 68 valence electrons. The first-order valence-corrected chi connectivity index (χ1v) is 4.48. The fraction of sp³-hybridized carbons (Fsp3) is 1.00. The van der Waals surface area contributed by atoms with E-state index in [4.69, 9.17) is 23.2 Å². The van der Waals surface area contributed by atoms with Gasteiger partial charge in [-0.25, -0.2) is 0 Å². The summed E-state index contributed by atoms with van der Waals surface area (Å²) in [5.41, 5.74) is -1.40. The molecule has 11 heavy (non-hydrogen) atoms. The van der Waals surface area contributed by atoms with Crippen molar-refractivity contribution in [3.8, 4) is 0 Å². The van der Waals surface area contributed by atoms with Crippen molar-refractivity contribution in [2.45, 2.75) is 43.2 Å². The monoisotopic (exact) mass is 200 g/mol. The summed E-state index contributed by atoms with van der Waals surface area (Å²) < 4.78 is 0. The van der Waals surface area contributed by atoms with Gasteiger partial charge in [0.2, 0.25) is 0 Å². The van der Waals surface area contributed by atoms with E-state index in [1.807, 2.05) is 6.92 Å². The fourth-order valence-electron chi connectivity index (χ4n) is 0.711. The topological polar surface area (TPSA) is 40.5 Å². The van der Waals surface area contributed by atoms with Gasteiger partial charge in [-0.3, -0.25) is 0 Å². The first-order chi connectivity index (χ1) is 4.92. The van der Waals surface area contributed by atoms with Crippen molar-refractivity contribution < 1.29 is 10.2 Å². The van der Waals surface area contributed by atoms with Crippen LogP contribution in [-0.4, -0.2) is 26.8 Å². The zero-order chi connectivity index (χ0) is 9.07. The average molecular weight is 201 g/mol. The maximum Gasteiger partial charge on any atom is 0.138 e. The third kappa shape index (κ3) is 3.16. The Morgan fingerprint density at radius 1 is 1.45 bits per heavy atom. The quantitative estimate of drug-likeness (QED) is 0.679. The van der Waals surface area contributed by atoms with Crippen LogP contribution in [-0.2, 0) is 0 Å². The van der Waals surface area contributed by atoms with E-state index in [1.54, 1.807) is 0 Å². The zero-order valence-corrected chi connectivity index (χ0v) is 8.23. The standard InChI is InChI=1S/C7H14Cl2O2/c1-3-4-5(10)7(2,11)6(8)9/h5-6,10-11H,3-4H2,1-2H3. The Kier molecular flexibility index (Phi) is 4.71. The van der Waals surface area contributed by atoms with Gasteiger partial charge in [-0.05, 0) is 13.3 Å². The molecule has 2 unspecified atom stereocenters. The largest absolute Gasteiger partial charge is 0.390 e. The second-order valence-electron chi connectivity index (χ2n) is 2.83. The highest BCUT2D eigenvalue weighted by Crippen LogP contribution is 2.25. The summed E-state index contributed by atoms with van der Waals surface area (Å²) in [6.45, 7) is 3.34. The Morgan fingerprint density at radius 3 is 2.18 bits per heavy atom. The van der Waals surface area contributed by atoms with E-state index >= 15 is 0 Å². The summed E-state index contributed by atoms with van der Waals surface area (Å²) in [5, 5.41) is 18.8. The van der Waals surface area contributed by atoms with Crippen LogP contribution in [0.3, 0.4) is 0 Å². The van der Waals surface area contributed by atoms with E-state index in [2.05, 4.69) is 0 Å². The van der Waals surface area contributed by atoms with E-state index < -0.39 is 16.5 Å². The van der Waals surface area contributed by atoms with Gasteiger partial charge >= 0.3 is 0 Å². The van der Waals surface area contributed by atoms with Gasteiger partial charge in [-0.1, -0.05) is 13.3 Å². The highest BCUT2D eigenvalue weighted by Gasteiger charge is 2.36. The van der Waals surface area contributed by atoms with Gasteiger partial charge in [0.25, 0.3) is 0 Å². The highest BCUT2D eigenvalue weighted by molar-refractivity contribution is 6.45. The molecule has 0 heterocycles. The number of hydrogen-bond donors (Lipinski definition) is 2. The van der Waals surface area contributed by atoms with Crippen LogP contribution >= 0.6 is 23.2 Å². The molecule has 0 saturated heterocycles. The van der Waals surface area contributed by atoms with Crippen LogP contribution in [0.2, 0.25) is 0 Å². The minimum Gasteiger partial charge on any atom is -0.390 e. The highest BCUT2D eigenvalue weighted by atomic mass is 35.5. The van der Waals surface area contributed by atoms with Gasteiger partial charge in [-0.15, -0.1) is 23.2 Å². The average Bonchev–Trinajstić information content (AvgIpc) is 1.88. The molecule has 2 N–H and O–H groups in total. The van der Waals surface area contributed by atoms with Gasteiger partial charge in [0.15, 0.2) is 0 Å². The smallest absolute Gasteiger partial charge is 0.138 e. The Balaban J connectivity index is 4.05. The molecule has 0 aliphatic heterocycles. The van der Waals surface area contributed by atoms with E-state index in [0.717, 1.165) is 6.42 Å². The van der Waals surface area contributed by atoms with Crippen LogP contribution in [0.15, 0.2) is 0 Å². The second kappa shape index (κ2) is 4.51. The van der Waals surface area contributed by atoms with Crippen molar-refractivity contribution >= 4 is 23.2 Å². The molecule has 0 aromatic heterocycles. The lowest BCUT2D eigenvalue weighted by atomic mass is 9.98. The Bertz CT molecular complexity index is 115. The first-order valence-electron chi connectivity index (χ1n) is 3.61. The first kappa shape index (κ1) is 11.5. The molecule has 4 heteroatoms. The van der Waals surface area contributed by atoms with Crippen LogP contribution in [0, 0.1) is 0 Å². The Hall–Kier alpha value is 0.500. The van der Waals surface area contributed by atoms with Crippen molar-refractivity contribution in [3.05, 3.63) is 0 Å². The van der Waals surface area contributed by atoms with Crippen molar-refractivity contribution in [1.82, 2.24) is 0 Å². The van der Waals surface area contributed by atoms with Gasteiger partial charge < -0.3 is 10.2 Å². The molecule has 0 aliphatic rings. The molecule has 0 radical (unpaired) electrons. The van der Waals surface area contributed by atoms with Crippen LogP contribution < -0.4 is 0 Å². The molecule has 2 nitrogen and oxygen atoms in total. The van der Waals surface area contributed by atoms with Crippen LogP contribution in [0.4, 0.5) is 0 Å². The SMILES string of the molecule is CCCC(O)C(C)(O)C(Cl)Cl. The van der Waals surface area contributed by atoms with Gasteiger partial charge in [0.1, 0.15) is 10.4 Å². The number of halogens is 2. The minimum absolute atomic E-state index is 0.503. The number of hydrogen-bond acceptors (Lipinski definition) is 2. The van der Waals surface area contributed by atoms with Gasteiger partial charge in [0, 0.05) is 0 Å². The number of alkyl halides is 2. The molecule has 0 aromatic rings. The third-order valence-corrected chi connectivity index (χ3v) is 2.56. The zero-order valence-electron chi connectivity index (χ0n) is 6.72. The summed E-state index contributed by atoms with van der Waals surface area (Å²) in [6, 6.07) is 0.